The lowest BCUT2D eigenvalue weighted by molar-refractivity contribution is -0.128. The van der Waals surface area contributed by atoms with Gasteiger partial charge in [-0.1, -0.05) is 30.3 Å². The minimum Gasteiger partial charge on any atom is -0.493 e. The molecule has 1 atom stereocenters. The van der Waals surface area contributed by atoms with Gasteiger partial charge in [0.2, 0.25) is 5.91 Å². The predicted octanol–water partition coefficient (Wildman–Crippen LogP) is 3.49. The molecule has 0 bridgehead atoms. The van der Waals surface area contributed by atoms with Crippen LogP contribution in [0.1, 0.15) is 30.9 Å². The summed E-state index contributed by atoms with van der Waals surface area (Å²) in [4.78, 5) is 23.5. The Bertz CT molecular complexity index is 792. The second kappa shape index (κ2) is 12.0. The second-order valence-corrected chi connectivity index (χ2v) is 6.90. The van der Waals surface area contributed by atoms with Gasteiger partial charge >= 0.3 is 0 Å². The highest BCUT2D eigenvalue weighted by molar-refractivity contribution is 5.88. The zero-order valence-corrected chi connectivity index (χ0v) is 16.9. The van der Waals surface area contributed by atoms with Gasteiger partial charge in [0.25, 0.3) is 0 Å². The Morgan fingerprint density at radius 1 is 1.07 bits per heavy atom. The van der Waals surface area contributed by atoms with Crippen molar-refractivity contribution in [3.05, 3.63) is 65.5 Å². The molecule has 156 valence electrons. The molecule has 0 spiro atoms. The van der Waals surface area contributed by atoms with Gasteiger partial charge in [0, 0.05) is 26.5 Å². The van der Waals surface area contributed by atoms with Crippen LogP contribution in [0.5, 0.6) is 5.75 Å². The molecule has 0 fully saturated rings. The van der Waals surface area contributed by atoms with Crippen LogP contribution in [-0.2, 0) is 27.2 Å². The average Bonchev–Trinajstić information content (AvgIpc) is 2.70. The van der Waals surface area contributed by atoms with E-state index in [-0.39, 0.29) is 24.1 Å². The van der Waals surface area contributed by atoms with Crippen LogP contribution < -0.4 is 10.1 Å². The topological polar surface area (TPSA) is 64.6 Å². The third-order valence-electron chi connectivity index (χ3n) is 4.46. The number of halogens is 1. The Balaban J connectivity index is 1.73. The summed E-state index contributed by atoms with van der Waals surface area (Å²) >= 11 is 0. The predicted molar refractivity (Wildman–Crippen MR) is 109 cm³/mol. The van der Waals surface area contributed by atoms with Gasteiger partial charge in [-0.2, -0.15) is 0 Å². The van der Waals surface area contributed by atoms with Crippen LogP contribution in [0.2, 0.25) is 0 Å². The summed E-state index contributed by atoms with van der Waals surface area (Å²) in [5.74, 6) is -0.0509. The Hall–Kier alpha value is -2.73. The number of benzene rings is 2. The molecule has 5 nitrogen and oxygen atoms in total. The summed E-state index contributed by atoms with van der Waals surface area (Å²) in [7, 11) is 1.50. The third kappa shape index (κ3) is 8.44. The van der Waals surface area contributed by atoms with E-state index in [0.717, 1.165) is 18.4 Å². The molecular formula is C23H28FNO4. The number of methoxy groups -OCH3 is 1. The second-order valence-electron chi connectivity index (χ2n) is 6.90. The van der Waals surface area contributed by atoms with Gasteiger partial charge in [-0.15, -0.1) is 0 Å². The maximum atomic E-state index is 13.1. The van der Waals surface area contributed by atoms with Crippen LogP contribution in [-0.4, -0.2) is 38.1 Å². The number of hydrogen-bond acceptors (Lipinski definition) is 4. The molecular weight excluding hydrogens is 373 g/mol. The zero-order valence-electron chi connectivity index (χ0n) is 16.9. The van der Waals surface area contributed by atoms with Crippen molar-refractivity contribution in [3.8, 4) is 5.75 Å². The number of nitrogens with one attached hydrogen (secondary N) is 1. The monoisotopic (exact) mass is 401 g/mol. The van der Waals surface area contributed by atoms with Gasteiger partial charge in [0.05, 0.1) is 13.2 Å². The van der Waals surface area contributed by atoms with E-state index in [0.29, 0.717) is 25.2 Å². The molecule has 0 saturated carbocycles. The molecule has 2 aromatic rings. The molecule has 1 N–H and O–H groups in total. The first kappa shape index (κ1) is 22.6. The Morgan fingerprint density at radius 3 is 2.38 bits per heavy atom. The van der Waals surface area contributed by atoms with Crippen molar-refractivity contribution in [2.75, 3.05) is 20.3 Å². The lowest BCUT2D eigenvalue weighted by Crippen LogP contribution is -2.43. The van der Waals surface area contributed by atoms with Crippen molar-refractivity contribution in [2.24, 2.45) is 0 Å². The van der Waals surface area contributed by atoms with Crippen LogP contribution in [0, 0.1) is 5.82 Å². The Labute approximate surface area is 171 Å². The fraction of sp³-hybridized carbons (Fsp3) is 0.391. The van der Waals surface area contributed by atoms with Crippen molar-refractivity contribution in [1.82, 2.24) is 5.32 Å². The molecule has 2 aromatic carbocycles. The first-order chi connectivity index (χ1) is 14.0. The lowest BCUT2D eigenvalue weighted by atomic mass is 10.0. The maximum absolute atomic E-state index is 13.1. The molecule has 0 saturated heterocycles. The standard InChI is InChI=1S/C23H28FNO4/c1-17(26)25-22(16-28-2)23(27)13-12-19-10-8-18(9-11-19)5-4-14-29-21-7-3-6-20(24)15-21/h3,6-11,15,22H,4-5,12-14,16H2,1-2H3,(H,25,26)/t22-/m1/s1. The minimum atomic E-state index is -0.602. The normalized spacial score (nSPS) is 11.7. The SMILES string of the molecule is COC[C@@H](NC(C)=O)C(=O)CCc1ccc(CCCOc2cccc(F)c2)cc1. The minimum absolute atomic E-state index is 0.0411. The van der Waals surface area contributed by atoms with E-state index in [1.165, 1.54) is 31.7 Å². The number of rotatable bonds is 12. The number of carbonyl (C=O) groups is 2. The number of ketones is 1. The van der Waals surface area contributed by atoms with Gasteiger partial charge in [0.15, 0.2) is 5.78 Å². The average molecular weight is 401 g/mol. The highest BCUT2D eigenvalue weighted by Crippen LogP contribution is 2.13. The number of hydrogen-bond donors (Lipinski definition) is 1. The Morgan fingerprint density at radius 2 is 1.76 bits per heavy atom. The van der Waals surface area contributed by atoms with E-state index >= 15 is 0 Å². The molecule has 0 aliphatic heterocycles. The summed E-state index contributed by atoms with van der Waals surface area (Å²) in [6.45, 7) is 2.08. The molecule has 2 rings (SSSR count). The quantitative estimate of drug-likeness (QED) is 0.553. The van der Waals surface area contributed by atoms with Gasteiger partial charge in [0.1, 0.15) is 17.6 Å². The summed E-state index contributed by atoms with van der Waals surface area (Å²) in [6.07, 6.45) is 2.63. The smallest absolute Gasteiger partial charge is 0.217 e. The fourth-order valence-electron chi connectivity index (χ4n) is 2.96. The van der Waals surface area contributed by atoms with Crippen molar-refractivity contribution in [3.63, 3.8) is 0 Å². The van der Waals surface area contributed by atoms with E-state index in [1.807, 2.05) is 24.3 Å². The van der Waals surface area contributed by atoms with E-state index < -0.39 is 6.04 Å². The van der Waals surface area contributed by atoms with E-state index in [1.54, 1.807) is 12.1 Å². The maximum Gasteiger partial charge on any atom is 0.217 e. The molecule has 0 aromatic heterocycles. The van der Waals surface area contributed by atoms with Gasteiger partial charge < -0.3 is 14.8 Å². The van der Waals surface area contributed by atoms with Crippen molar-refractivity contribution in [2.45, 2.75) is 38.6 Å². The number of ether oxygens (including phenoxy) is 2. The van der Waals surface area contributed by atoms with Crippen LogP contribution in [0.4, 0.5) is 4.39 Å². The third-order valence-corrected chi connectivity index (χ3v) is 4.46. The van der Waals surface area contributed by atoms with Crippen molar-refractivity contribution >= 4 is 11.7 Å². The number of Topliss-reactive ketones (excluding diaryl/α,β-unsaturated/α-hetero) is 1. The largest absolute Gasteiger partial charge is 0.493 e. The molecule has 0 unspecified atom stereocenters. The highest BCUT2D eigenvalue weighted by Gasteiger charge is 2.18. The molecule has 0 aliphatic carbocycles. The molecule has 1 amide bonds. The molecule has 6 heteroatoms. The molecule has 0 radical (unpaired) electrons. The summed E-state index contributed by atoms with van der Waals surface area (Å²) in [5, 5.41) is 2.62. The summed E-state index contributed by atoms with van der Waals surface area (Å²) < 4.78 is 23.7. The number of aryl methyl sites for hydroxylation is 2. The van der Waals surface area contributed by atoms with E-state index in [9.17, 15) is 14.0 Å². The van der Waals surface area contributed by atoms with Crippen LogP contribution in [0.15, 0.2) is 48.5 Å². The first-order valence-corrected chi connectivity index (χ1v) is 9.73. The Kier molecular flexibility index (Phi) is 9.31. The molecule has 0 aliphatic rings. The van der Waals surface area contributed by atoms with Crippen molar-refractivity contribution < 1.29 is 23.5 Å². The highest BCUT2D eigenvalue weighted by atomic mass is 19.1. The van der Waals surface area contributed by atoms with Crippen LogP contribution in [0.3, 0.4) is 0 Å². The lowest BCUT2D eigenvalue weighted by Gasteiger charge is -2.15. The number of amides is 1. The molecule has 29 heavy (non-hydrogen) atoms. The fourth-order valence-corrected chi connectivity index (χ4v) is 2.96. The zero-order chi connectivity index (χ0) is 21.1. The molecule has 0 heterocycles. The summed E-state index contributed by atoms with van der Waals surface area (Å²) in [5.41, 5.74) is 2.25. The number of carbonyl (C=O) groups excluding carboxylic acids is 2. The van der Waals surface area contributed by atoms with Crippen LogP contribution in [0.25, 0.3) is 0 Å². The van der Waals surface area contributed by atoms with Crippen LogP contribution >= 0.6 is 0 Å². The van der Waals surface area contributed by atoms with E-state index in [4.69, 9.17) is 9.47 Å². The van der Waals surface area contributed by atoms with Gasteiger partial charge in [-0.25, -0.2) is 4.39 Å². The van der Waals surface area contributed by atoms with E-state index in [2.05, 4.69) is 5.32 Å². The summed E-state index contributed by atoms with van der Waals surface area (Å²) in [6, 6.07) is 13.6. The van der Waals surface area contributed by atoms with Gasteiger partial charge in [-0.05, 0) is 42.5 Å². The van der Waals surface area contributed by atoms with Gasteiger partial charge in [-0.3, -0.25) is 9.59 Å². The van der Waals surface area contributed by atoms with Crippen molar-refractivity contribution in [1.29, 1.82) is 0 Å². The first-order valence-electron chi connectivity index (χ1n) is 9.73.